The van der Waals surface area contributed by atoms with Crippen LogP contribution >= 0.6 is 0 Å². The molecule has 5 nitrogen and oxygen atoms in total. The highest BCUT2D eigenvalue weighted by Crippen LogP contribution is 2.26. The largest absolute Gasteiger partial charge is 0.490 e. The molecule has 0 fully saturated rings. The Morgan fingerprint density at radius 1 is 1.15 bits per heavy atom. The number of rotatable bonds is 4. The number of carbonyl (C=O) groups is 1. The number of para-hydroxylation sites is 1. The first-order valence-electron chi connectivity index (χ1n) is 8.78. The van der Waals surface area contributed by atoms with Crippen LogP contribution in [0.3, 0.4) is 0 Å². The molecule has 5 heteroatoms. The van der Waals surface area contributed by atoms with Crippen LogP contribution in [0.1, 0.15) is 34.8 Å². The average molecular weight is 349 g/mol. The van der Waals surface area contributed by atoms with Crippen LogP contribution in [-0.2, 0) is 12.8 Å². The van der Waals surface area contributed by atoms with Gasteiger partial charge >= 0.3 is 5.63 Å². The number of hydrogen-bond donors (Lipinski definition) is 1. The molecule has 4 rings (SSSR count). The van der Waals surface area contributed by atoms with Crippen molar-refractivity contribution in [1.82, 2.24) is 0 Å². The minimum absolute atomic E-state index is 0.0216. The van der Waals surface area contributed by atoms with Gasteiger partial charge in [-0.05, 0) is 61.6 Å². The van der Waals surface area contributed by atoms with Crippen molar-refractivity contribution in [3.8, 4) is 5.75 Å². The van der Waals surface area contributed by atoms with Crippen molar-refractivity contribution in [2.24, 2.45) is 0 Å². The highest BCUT2D eigenvalue weighted by molar-refractivity contribution is 6.05. The molecule has 3 aromatic rings. The second kappa shape index (κ2) is 6.67. The molecule has 1 heterocycles. The molecular weight excluding hydrogens is 330 g/mol. The summed E-state index contributed by atoms with van der Waals surface area (Å²) < 4.78 is 10.8. The maximum absolute atomic E-state index is 12.6. The van der Waals surface area contributed by atoms with Crippen LogP contribution in [0.15, 0.2) is 51.7 Å². The number of fused-ring (bicyclic) bond motifs is 2. The first-order valence-corrected chi connectivity index (χ1v) is 8.78. The van der Waals surface area contributed by atoms with Crippen molar-refractivity contribution in [1.29, 1.82) is 0 Å². The third-order valence-electron chi connectivity index (χ3n) is 4.62. The molecule has 0 saturated heterocycles. The summed E-state index contributed by atoms with van der Waals surface area (Å²) >= 11 is 0. The Morgan fingerprint density at radius 3 is 2.85 bits per heavy atom. The Labute approximate surface area is 150 Å². The molecule has 1 amide bonds. The smallest absolute Gasteiger partial charge is 0.349 e. The molecule has 0 saturated carbocycles. The molecular formula is C21H19NO4. The van der Waals surface area contributed by atoms with Crippen LogP contribution < -0.4 is 15.7 Å². The van der Waals surface area contributed by atoms with E-state index in [4.69, 9.17) is 9.15 Å². The number of aryl methyl sites for hydroxylation is 2. The first kappa shape index (κ1) is 16.4. The van der Waals surface area contributed by atoms with Gasteiger partial charge < -0.3 is 14.5 Å². The molecule has 0 atom stereocenters. The molecule has 1 aliphatic carbocycles. The van der Waals surface area contributed by atoms with Gasteiger partial charge in [-0.25, -0.2) is 4.79 Å². The van der Waals surface area contributed by atoms with Crippen molar-refractivity contribution >= 4 is 22.6 Å². The highest BCUT2D eigenvalue weighted by Gasteiger charge is 2.17. The minimum Gasteiger partial charge on any atom is -0.490 e. The Hall–Kier alpha value is -3.08. The van der Waals surface area contributed by atoms with Crippen molar-refractivity contribution in [2.45, 2.75) is 26.2 Å². The fourth-order valence-electron chi connectivity index (χ4n) is 3.39. The number of anilines is 1. The predicted molar refractivity (Wildman–Crippen MR) is 100 cm³/mol. The van der Waals surface area contributed by atoms with E-state index in [0.717, 1.165) is 19.3 Å². The van der Waals surface area contributed by atoms with Crippen LogP contribution in [0.4, 0.5) is 5.69 Å². The van der Waals surface area contributed by atoms with Crippen molar-refractivity contribution in [3.63, 3.8) is 0 Å². The molecule has 132 valence electrons. The molecule has 26 heavy (non-hydrogen) atoms. The summed E-state index contributed by atoms with van der Waals surface area (Å²) in [7, 11) is 0. The Bertz CT molecular complexity index is 1050. The molecule has 1 N–H and O–H groups in total. The SMILES string of the molecule is CCOc1cccc2cc(C(=O)Nc3ccc4c(c3)CCC4)c(=O)oc12. The second-order valence-electron chi connectivity index (χ2n) is 6.35. The van der Waals surface area contributed by atoms with E-state index in [2.05, 4.69) is 5.32 Å². The summed E-state index contributed by atoms with van der Waals surface area (Å²) in [6.07, 6.45) is 3.25. The highest BCUT2D eigenvalue weighted by atomic mass is 16.5. The fraction of sp³-hybridized carbons (Fsp3) is 0.238. The van der Waals surface area contributed by atoms with Crippen LogP contribution in [0.2, 0.25) is 0 Å². The van der Waals surface area contributed by atoms with Crippen molar-refractivity contribution < 1.29 is 13.9 Å². The summed E-state index contributed by atoms with van der Waals surface area (Å²) in [5.74, 6) is 0.0214. The molecule has 1 aliphatic rings. The summed E-state index contributed by atoms with van der Waals surface area (Å²) in [5.41, 5.74) is 2.94. The lowest BCUT2D eigenvalue weighted by Crippen LogP contribution is -2.20. The van der Waals surface area contributed by atoms with Crippen molar-refractivity contribution in [3.05, 3.63) is 69.6 Å². The number of nitrogens with one attached hydrogen (secondary N) is 1. The number of carbonyl (C=O) groups excluding carboxylic acids is 1. The molecule has 0 aliphatic heterocycles. The lowest BCUT2D eigenvalue weighted by atomic mass is 10.1. The van der Waals surface area contributed by atoms with Gasteiger partial charge in [0.1, 0.15) is 5.56 Å². The molecule has 0 radical (unpaired) electrons. The van der Waals surface area contributed by atoms with Crippen molar-refractivity contribution in [2.75, 3.05) is 11.9 Å². The van der Waals surface area contributed by atoms with E-state index >= 15 is 0 Å². The monoisotopic (exact) mass is 349 g/mol. The van der Waals surface area contributed by atoms with E-state index in [9.17, 15) is 9.59 Å². The van der Waals surface area contributed by atoms with Gasteiger partial charge in [-0.15, -0.1) is 0 Å². The summed E-state index contributed by atoms with van der Waals surface area (Å²) in [6, 6.07) is 12.8. The zero-order valence-corrected chi connectivity index (χ0v) is 14.5. The Balaban J connectivity index is 1.66. The first-order chi connectivity index (χ1) is 12.7. The Morgan fingerprint density at radius 2 is 2.00 bits per heavy atom. The summed E-state index contributed by atoms with van der Waals surface area (Å²) in [6.45, 7) is 2.32. The van der Waals surface area contributed by atoms with Crippen LogP contribution in [-0.4, -0.2) is 12.5 Å². The topological polar surface area (TPSA) is 68.5 Å². The van der Waals surface area contributed by atoms with E-state index in [-0.39, 0.29) is 5.56 Å². The summed E-state index contributed by atoms with van der Waals surface area (Å²) in [4.78, 5) is 24.9. The minimum atomic E-state index is -0.677. The van der Waals surface area contributed by atoms with Crippen LogP contribution in [0.25, 0.3) is 11.0 Å². The molecule has 0 bridgehead atoms. The van der Waals surface area contributed by atoms with Gasteiger partial charge in [-0.2, -0.15) is 0 Å². The standard InChI is InChI=1S/C21H19NO4/c1-2-25-18-8-4-7-15-12-17(21(24)26-19(15)18)20(23)22-16-10-9-13-5-3-6-14(13)11-16/h4,7-12H,2-3,5-6H2,1H3,(H,22,23). The predicted octanol–water partition coefficient (Wildman–Crippen LogP) is 3.93. The third kappa shape index (κ3) is 2.96. The zero-order chi connectivity index (χ0) is 18.1. The second-order valence-corrected chi connectivity index (χ2v) is 6.35. The van der Waals surface area contributed by atoms with E-state index < -0.39 is 11.5 Å². The van der Waals surface area contributed by atoms with E-state index in [1.807, 2.05) is 25.1 Å². The van der Waals surface area contributed by atoms with E-state index in [1.54, 1.807) is 24.3 Å². The van der Waals surface area contributed by atoms with E-state index in [0.29, 0.717) is 29.0 Å². The number of hydrogen-bond acceptors (Lipinski definition) is 4. The van der Waals surface area contributed by atoms with Gasteiger partial charge in [0.05, 0.1) is 6.61 Å². The zero-order valence-electron chi connectivity index (χ0n) is 14.5. The van der Waals surface area contributed by atoms with Gasteiger partial charge in [0.2, 0.25) is 0 Å². The quantitative estimate of drug-likeness (QED) is 0.725. The lowest BCUT2D eigenvalue weighted by Gasteiger charge is -2.09. The van der Waals surface area contributed by atoms with Gasteiger partial charge in [0.15, 0.2) is 11.3 Å². The lowest BCUT2D eigenvalue weighted by molar-refractivity contribution is 0.102. The maximum Gasteiger partial charge on any atom is 0.349 e. The van der Waals surface area contributed by atoms with Gasteiger partial charge in [-0.3, -0.25) is 4.79 Å². The Kier molecular flexibility index (Phi) is 4.21. The van der Waals surface area contributed by atoms with Gasteiger partial charge in [0, 0.05) is 11.1 Å². The number of benzene rings is 2. The number of amides is 1. The van der Waals surface area contributed by atoms with Gasteiger partial charge in [0.25, 0.3) is 5.91 Å². The number of ether oxygens (including phenoxy) is 1. The molecule has 2 aromatic carbocycles. The molecule has 0 spiro atoms. The van der Waals surface area contributed by atoms with Crippen LogP contribution in [0, 0.1) is 0 Å². The third-order valence-corrected chi connectivity index (χ3v) is 4.62. The summed E-state index contributed by atoms with van der Waals surface area (Å²) in [5, 5.41) is 3.45. The molecule has 0 unspecified atom stereocenters. The normalized spacial score (nSPS) is 12.8. The average Bonchev–Trinajstić information content (AvgIpc) is 3.09. The van der Waals surface area contributed by atoms with Gasteiger partial charge in [-0.1, -0.05) is 18.2 Å². The van der Waals surface area contributed by atoms with E-state index in [1.165, 1.54) is 11.1 Å². The fourth-order valence-corrected chi connectivity index (χ4v) is 3.39. The maximum atomic E-state index is 12.6. The van der Waals surface area contributed by atoms with Crippen LogP contribution in [0.5, 0.6) is 5.75 Å². The molecule has 1 aromatic heterocycles.